The minimum absolute atomic E-state index is 0.0630. The van der Waals surface area contributed by atoms with Gasteiger partial charge in [0.1, 0.15) is 5.82 Å². The van der Waals surface area contributed by atoms with Gasteiger partial charge in [-0.1, -0.05) is 23.8 Å². The van der Waals surface area contributed by atoms with Crippen LogP contribution in [-0.2, 0) is 6.18 Å². The molecule has 2 heterocycles. The molecule has 2 aromatic heterocycles. The fourth-order valence-corrected chi connectivity index (χ4v) is 3.04. The number of anilines is 1. The van der Waals surface area contributed by atoms with Gasteiger partial charge in [0, 0.05) is 18.8 Å². The van der Waals surface area contributed by atoms with Gasteiger partial charge in [-0.25, -0.2) is 4.98 Å². The second kappa shape index (κ2) is 6.26. The van der Waals surface area contributed by atoms with Crippen molar-refractivity contribution >= 4 is 11.6 Å². The molecule has 1 atom stereocenters. The standard InChI is InChI=1S/C18H20F3N5/c1-10-6-7-14(11(2)8-10)13(4)25(5)15-9-12(3)22-17-23-16(18(19,20)21)24-26(15)17/h6-9,13H,1-5H3/t13-/m0/s1. The molecule has 0 radical (unpaired) electrons. The zero-order valence-corrected chi connectivity index (χ0v) is 15.3. The fourth-order valence-electron chi connectivity index (χ4n) is 3.04. The summed E-state index contributed by atoms with van der Waals surface area (Å²) in [7, 11) is 1.83. The zero-order valence-electron chi connectivity index (χ0n) is 15.3. The van der Waals surface area contributed by atoms with E-state index in [1.165, 1.54) is 0 Å². The van der Waals surface area contributed by atoms with Gasteiger partial charge in [0.15, 0.2) is 0 Å². The molecule has 0 fully saturated rings. The molecule has 0 aliphatic rings. The molecule has 0 N–H and O–H groups in total. The van der Waals surface area contributed by atoms with E-state index in [4.69, 9.17) is 0 Å². The van der Waals surface area contributed by atoms with Crippen LogP contribution in [0.25, 0.3) is 5.78 Å². The SMILES string of the molecule is Cc1ccc([C@H](C)N(C)c2cc(C)nc3nc(C(F)(F)F)nn23)c(C)c1. The molecule has 0 spiro atoms. The van der Waals surface area contributed by atoms with Crippen LogP contribution in [0.4, 0.5) is 19.0 Å². The van der Waals surface area contributed by atoms with Crippen LogP contribution < -0.4 is 4.90 Å². The van der Waals surface area contributed by atoms with Crippen LogP contribution in [0.2, 0.25) is 0 Å². The lowest BCUT2D eigenvalue weighted by Gasteiger charge is -2.28. The van der Waals surface area contributed by atoms with Crippen LogP contribution in [0, 0.1) is 20.8 Å². The summed E-state index contributed by atoms with van der Waals surface area (Å²) in [6, 6.07) is 7.79. The van der Waals surface area contributed by atoms with Crippen LogP contribution in [0.5, 0.6) is 0 Å². The van der Waals surface area contributed by atoms with Gasteiger partial charge < -0.3 is 4.90 Å². The highest BCUT2D eigenvalue weighted by molar-refractivity contribution is 5.50. The Balaban J connectivity index is 2.09. The normalized spacial score (nSPS) is 13.2. The maximum Gasteiger partial charge on any atom is 0.453 e. The molecular weight excluding hydrogens is 343 g/mol. The summed E-state index contributed by atoms with van der Waals surface area (Å²) >= 11 is 0. The number of fused-ring (bicyclic) bond motifs is 1. The molecule has 5 nitrogen and oxygen atoms in total. The van der Waals surface area contributed by atoms with Gasteiger partial charge in [-0.2, -0.15) is 22.7 Å². The summed E-state index contributed by atoms with van der Waals surface area (Å²) in [5, 5.41) is 3.64. The van der Waals surface area contributed by atoms with Crippen molar-refractivity contribution in [2.45, 2.75) is 39.9 Å². The molecule has 0 aliphatic carbocycles. The third-order valence-corrected chi connectivity index (χ3v) is 4.49. The van der Waals surface area contributed by atoms with Crippen molar-refractivity contribution in [3.63, 3.8) is 0 Å². The maximum absolute atomic E-state index is 13.0. The first-order chi connectivity index (χ1) is 12.1. The Morgan fingerprint density at radius 3 is 2.38 bits per heavy atom. The number of aromatic nitrogens is 4. The minimum Gasteiger partial charge on any atom is -0.353 e. The third-order valence-electron chi connectivity index (χ3n) is 4.49. The average Bonchev–Trinajstić information content (AvgIpc) is 2.97. The minimum atomic E-state index is -4.61. The highest BCUT2D eigenvalue weighted by atomic mass is 19.4. The van der Waals surface area contributed by atoms with E-state index < -0.39 is 12.0 Å². The third kappa shape index (κ3) is 3.23. The smallest absolute Gasteiger partial charge is 0.353 e. The molecule has 0 unspecified atom stereocenters. The Hall–Kier alpha value is -2.64. The van der Waals surface area contributed by atoms with Gasteiger partial charge in [-0.3, -0.25) is 0 Å². The number of benzene rings is 1. The van der Waals surface area contributed by atoms with Gasteiger partial charge in [0.05, 0.1) is 6.04 Å². The molecular formula is C18H20F3N5. The van der Waals surface area contributed by atoms with Crippen LogP contribution in [0.3, 0.4) is 0 Å². The second-order valence-electron chi connectivity index (χ2n) is 6.55. The van der Waals surface area contributed by atoms with Crippen molar-refractivity contribution in [1.82, 2.24) is 19.6 Å². The van der Waals surface area contributed by atoms with Gasteiger partial charge in [0.2, 0.25) is 0 Å². The summed E-state index contributed by atoms with van der Waals surface area (Å²) in [5.74, 6) is -0.751. The topological polar surface area (TPSA) is 46.3 Å². The maximum atomic E-state index is 13.0. The van der Waals surface area contributed by atoms with E-state index in [0.717, 1.165) is 21.2 Å². The fraction of sp³-hybridized carbons (Fsp3) is 0.389. The molecule has 0 aliphatic heterocycles. The largest absolute Gasteiger partial charge is 0.453 e. The molecule has 1 aromatic carbocycles. The van der Waals surface area contributed by atoms with Gasteiger partial charge in [0.25, 0.3) is 11.6 Å². The van der Waals surface area contributed by atoms with Crippen LogP contribution in [-0.4, -0.2) is 26.6 Å². The average molecular weight is 363 g/mol. The van der Waals surface area contributed by atoms with Gasteiger partial charge in [-0.05, 0) is 38.8 Å². The second-order valence-corrected chi connectivity index (χ2v) is 6.55. The number of alkyl halides is 3. The van der Waals surface area contributed by atoms with Crippen molar-refractivity contribution in [1.29, 1.82) is 0 Å². The number of halogens is 3. The van der Waals surface area contributed by atoms with Crippen LogP contribution in [0.1, 0.15) is 41.2 Å². The molecule has 0 amide bonds. The summed E-state index contributed by atoms with van der Waals surface area (Å²) in [4.78, 5) is 9.50. The van der Waals surface area contributed by atoms with E-state index in [0.29, 0.717) is 11.5 Å². The quantitative estimate of drug-likeness (QED) is 0.697. The van der Waals surface area contributed by atoms with Crippen molar-refractivity contribution in [2.75, 3.05) is 11.9 Å². The molecule has 8 heteroatoms. The number of hydrogen-bond donors (Lipinski definition) is 0. The first-order valence-corrected chi connectivity index (χ1v) is 8.19. The summed E-state index contributed by atoms with van der Waals surface area (Å²) in [6.45, 7) is 7.77. The van der Waals surface area contributed by atoms with Crippen LogP contribution >= 0.6 is 0 Å². The molecule has 0 saturated heterocycles. The number of nitrogens with zero attached hydrogens (tertiary/aromatic N) is 5. The molecule has 138 valence electrons. The predicted molar refractivity (Wildman–Crippen MR) is 93.3 cm³/mol. The summed E-state index contributed by atoms with van der Waals surface area (Å²) < 4.78 is 40.1. The highest BCUT2D eigenvalue weighted by Crippen LogP contribution is 2.30. The van der Waals surface area contributed by atoms with E-state index in [9.17, 15) is 13.2 Å². The Morgan fingerprint density at radius 2 is 1.77 bits per heavy atom. The Morgan fingerprint density at radius 1 is 1.08 bits per heavy atom. The molecule has 0 bridgehead atoms. The molecule has 0 saturated carbocycles. The van der Waals surface area contributed by atoms with Crippen LogP contribution in [0.15, 0.2) is 24.3 Å². The molecule has 26 heavy (non-hydrogen) atoms. The van der Waals surface area contributed by atoms with Crippen molar-refractivity contribution in [2.24, 2.45) is 0 Å². The predicted octanol–water partition coefficient (Wildman–Crippen LogP) is 4.27. The highest BCUT2D eigenvalue weighted by Gasteiger charge is 2.37. The lowest BCUT2D eigenvalue weighted by atomic mass is 9.99. The summed E-state index contributed by atoms with van der Waals surface area (Å²) in [5.41, 5.74) is 3.96. The van der Waals surface area contributed by atoms with Crippen molar-refractivity contribution < 1.29 is 13.2 Å². The van der Waals surface area contributed by atoms with E-state index in [-0.39, 0.29) is 11.8 Å². The van der Waals surface area contributed by atoms with Crippen molar-refractivity contribution in [3.05, 3.63) is 52.5 Å². The Labute approximate surface area is 149 Å². The Bertz CT molecular complexity index is 961. The zero-order chi connectivity index (χ0) is 19.2. The van der Waals surface area contributed by atoms with Gasteiger partial charge >= 0.3 is 6.18 Å². The first kappa shape index (κ1) is 18.2. The van der Waals surface area contributed by atoms with Crippen molar-refractivity contribution in [3.8, 4) is 0 Å². The van der Waals surface area contributed by atoms with Gasteiger partial charge in [-0.15, -0.1) is 5.10 Å². The lowest BCUT2D eigenvalue weighted by Crippen LogP contribution is -2.25. The Kier molecular flexibility index (Phi) is 4.37. The van der Waals surface area contributed by atoms with E-state index in [1.54, 1.807) is 13.0 Å². The van der Waals surface area contributed by atoms with E-state index in [2.05, 4.69) is 21.1 Å². The summed E-state index contributed by atoms with van der Waals surface area (Å²) in [6.07, 6.45) is -4.61. The lowest BCUT2D eigenvalue weighted by molar-refractivity contribution is -0.144. The number of hydrogen-bond acceptors (Lipinski definition) is 4. The number of aryl methyl sites for hydroxylation is 3. The first-order valence-electron chi connectivity index (χ1n) is 8.19. The molecule has 3 aromatic rings. The number of rotatable bonds is 3. The van der Waals surface area contributed by atoms with E-state index in [1.807, 2.05) is 44.9 Å². The monoisotopic (exact) mass is 363 g/mol. The molecule has 3 rings (SSSR count). The van der Waals surface area contributed by atoms with E-state index >= 15 is 0 Å².